The van der Waals surface area contributed by atoms with Crippen LogP contribution in [-0.2, 0) is 4.79 Å². The van der Waals surface area contributed by atoms with Crippen LogP contribution in [0.3, 0.4) is 0 Å². The van der Waals surface area contributed by atoms with Crippen LogP contribution >= 0.6 is 0 Å². The van der Waals surface area contributed by atoms with E-state index in [1.54, 1.807) is 12.4 Å². The minimum Gasteiger partial charge on any atom is -0.398 e. The molecule has 0 fully saturated rings. The highest BCUT2D eigenvalue weighted by molar-refractivity contribution is 6.00. The van der Waals surface area contributed by atoms with Gasteiger partial charge in [-0.3, -0.25) is 9.78 Å². The molecule has 0 saturated heterocycles. The SMILES string of the molecule is CCN(CC)C(=O)CCNc1ccc(N)c2cnccc12. The first-order chi connectivity index (χ1) is 10.2. The zero-order chi connectivity index (χ0) is 15.2. The Kier molecular flexibility index (Phi) is 4.98. The Morgan fingerprint density at radius 2 is 2.00 bits per heavy atom. The first-order valence-electron chi connectivity index (χ1n) is 7.31. The second-order valence-electron chi connectivity index (χ2n) is 4.87. The number of anilines is 2. The molecule has 1 aromatic heterocycles. The lowest BCUT2D eigenvalue weighted by molar-refractivity contribution is -0.130. The molecule has 0 bridgehead atoms. The number of nitrogen functional groups attached to an aromatic ring is 1. The number of carbonyl (C=O) groups excluding carboxylic acids is 1. The fourth-order valence-electron chi connectivity index (χ4n) is 2.40. The van der Waals surface area contributed by atoms with Crippen molar-refractivity contribution in [3.8, 4) is 0 Å². The quantitative estimate of drug-likeness (QED) is 0.800. The molecule has 0 atom stereocenters. The van der Waals surface area contributed by atoms with E-state index < -0.39 is 0 Å². The number of hydrogen-bond donors (Lipinski definition) is 2. The molecule has 0 radical (unpaired) electrons. The van der Waals surface area contributed by atoms with Crippen molar-refractivity contribution in [1.82, 2.24) is 9.88 Å². The third-order valence-electron chi connectivity index (χ3n) is 3.62. The molecule has 0 aliphatic carbocycles. The number of nitrogens with one attached hydrogen (secondary N) is 1. The van der Waals surface area contributed by atoms with Crippen molar-refractivity contribution in [2.24, 2.45) is 0 Å². The second kappa shape index (κ2) is 6.92. The fourth-order valence-corrected chi connectivity index (χ4v) is 2.40. The maximum atomic E-state index is 12.0. The monoisotopic (exact) mass is 286 g/mol. The molecule has 0 aliphatic rings. The van der Waals surface area contributed by atoms with Gasteiger partial charge in [-0.25, -0.2) is 0 Å². The zero-order valence-electron chi connectivity index (χ0n) is 12.6. The smallest absolute Gasteiger partial charge is 0.224 e. The molecule has 1 amide bonds. The van der Waals surface area contributed by atoms with Gasteiger partial charge in [0.05, 0.1) is 0 Å². The Bertz CT molecular complexity index is 623. The molecule has 2 rings (SSSR count). The van der Waals surface area contributed by atoms with Crippen LogP contribution in [0.2, 0.25) is 0 Å². The van der Waals surface area contributed by atoms with Crippen LogP contribution in [0.5, 0.6) is 0 Å². The molecule has 112 valence electrons. The molecular weight excluding hydrogens is 264 g/mol. The van der Waals surface area contributed by atoms with Gasteiger partial charge >= 0.3 is 0 Å². The molecule has 1 heterocycles. The number of amides is 1. The van der Waals surface area contributed by atoms with Crippen LogP contribution in [0.4, 0.5) is 11.4 Å². The number of hydrogen-bond acceptors (Lipinski definition) is 4. The predicted molar refractivity (Wildman–Crippen MR) is 87.2 cm³/mol. The summed E-state index contributed by atoms with van der Waals surface area (Å²) >= 11 is 0. The maximum Gasteiger partial charge on any atom is 0.224 e. The molecule has 1 aromatic carbocycles. The number of benzene rings is 1. The van der Waals surface area contributed by atoms with Crippen LogP contribution in [0.1, 0.15) is 20.3 Å². The third-order valence-corrected chi connectivity index (χ3v) is 3.62. The summed E-state index contributed by atoms with van der Waals surface area (Å²) in [4.78, 5) is 17.9. The van der Waals surface area contributed by atoms with Crippen molar-refractivity contribution in [3.05, 3.63) is 30.6 Å². The predicted octanol–water partition coefficient (Wildman–Crippen LogP) is 2.49. The Hall–Kier alpha value is -2.30. The molecule has 5 nitrogen and oxygen atoms in total. The number of nitrogens with two attached hydrogens (primary N) is 1. The van der Waals surface area contributed by atoms with Gasteiger partial charge in [0.25, 0.3) is 0 Å². The standard InChI is InChI=1S/C16H22N4O/c1-3-20(4-2)16(21)8-10-19-15-6-5-14(17)13-11-18-9-7-12(13)15/h5-7,9,11,19H,3-4,8,10,17H2,1-2H3. The highest BCUT2D eigenvalue weighted by Gasteiger charge is 2.09. The molecule has 5 heteroatoms. The van der Waals surface area contributed by atoms with Crippen LogP contribution in [0, 0.1) is 0 Å². The summed E-state index contributed by atoms with van der Waals surface area (Å²) in [5, 5.41) is 5.27. The average Bonchev–Trinajstić information content (AvgIpc) is 2.51. The Labute approximate surface area is 125 Å². The summed E-state index contributed by atoms with van der Waals surface area (Å²) in [6, 6.07) is 5.73. The van der Waals surface area contributed by atoms with Gasteiger partial charge in [-0.1, -0.05) is 0 Å². The second-order valence-corrected chi connectivity index (χ2v) is 4.87. The summed E-state index contributed by atoms with van der Waals surface area (Å²) < 4.78 is 0. The van der Waals surface area contributed by atoms with Crippen LogP contribution in [-0.4, -0.2) is 35.4 Å². The van der Waals surface area contributed by atoms with Crippen molar-refractivity contribution < 1.29 is 4.79 Å². The number of rotatable bonds is 6. The molecule has 0 unspecified atom stereocenters. The van der Waals surface area contributed by atoms with E-state index in [1.165, 1.54) is 0 Å². The largest absolute Gasteiger partial charge is 0.398 e. The van der Waals surface area contributed by atoms with Gasteiger partial charge in [0.2, 0.25) is 5.91 Å². The van der Waals surface area contributed by atoms with Crippen molar-refractivity contribution in [3.63, 3.8) is 0 Å². The number of aromatic nitrogens is 1. The van der Waals surface area contributed by atoms with E-state index in [0.717, 1.165) is 29.5 Å². The lowest BCUT2D eigenvalue weighted by Gasteiger charge is -2.19. The van der Waals surface area contributed by atoms with Crippen molar-refractivity contribution in [2.45, 2.75) is 20.3 Å². The van der Waals surface area contributed by atoms with Crippen LogP contribution < -0.4 is 11.1 Å². The topological polar surface area (TPSA) is 71.2 Å². The van der Waals surface area contributed by atoms with E-state index >= 15 is 0 Å². The van der Waals surface area contributed by atoms with Gasteiger partial charge in [-0.05, 0) is 32.0 Å². The van der Waals surface area contributed by atoms with Crippen molar-refractivity contribution in [1.29, 1.82) is 0 Å². The lowest BCUT2D eigenvalue weighted by Crippen LogP contribution is -2.31. The number of fused-ring (bicyclic) bond motifs is 1. The maximum absolute atomic E-state index is 12.0. The summed E-state index contributed by atoms with van der Waals surface area (Å²) in [6.07, 6.45) is 3.99. The van der Waals surface area contributed by atoms with Gasteiger partial charge in [0.1, 0.15) is 0 Å². The normalized spacial score (nSPS) is 10.6. The van der Waals surface area contributed by atoms with Gasteiger partial charge in [-0.15, -0.1) is 0 Å². The first-order valence-corrected chi connectivity index (χ1v) is 7.31. The molecule has 3 N–H and O–H groups in total. The number of pyridine rings is 1. The van der Waals surface area contributed by atoms with Crippen molar-refractivity contribution in [2.75, 3.05) is 30.7 Å². The van der Waals surface area contributed by atoms with E-state index in [0.29, 0.717) is 18.7 Å². The van der Waals surface area contributed by atoms with E-state index in [-0.39, 0.29) is 5.91 Å². The fraction of sp³-hybridized carbons (Fsp3) is 0.375. The van der Waals surface area contributed by atoms with E-state index in [9.17, 15) is 4.79 Å². The average molecular weight is 286 g/mol. The first kappa shape index (κ1) is 15.1. The van der Waals surface area contributed by atoms with E-state index in [1.807, 2.05) is 36.9 Å². The van der Waals surface area contributed by atoms with Crippen molar-refractivity contribution >= 4 is 28.1 Å². The number of carbonyl (C=O) groups is 1. The Morgan fingerprint density at radius 1 is 1.24 bits per heavy atom. The minimum absolute atomic E-state index is 0.175. The molecular formula is C16H22N4O. The summed E-state index contributed by atoms with van der Waals surface area (Å²) in [5.74, 6) is 0.175. The molecule has 0 aliphatic heterocycles. The van der Waals surface area contributed by atoms with E-state index in [4.69, 9.17) is 5.73 Å². The molecule has 0 saturated carbocycles. The van der Waals surface area contributed by atoms with E-state index in [2.05, 4.69) is 10.3 Å². The van der Waals surface area contributed by atoms with Gasteiger partial charge in [-0.2, -0.15) is 0 Å². The summed E-state index contributed by atoms with van der Waals surface area (Å²) in [5.41, 5.74) is 7.64. The van der Waals surface area contributed by atoms with Crippen LogP contribution in [0.25, 0.3) is 10.8 Å². The summed E-state index contributed by atoms with van der Waals surface area (Å²) in [7, 11) is 0. The highest BCUT2D eigenvalue weighted by atomic mass is 16.2. The summed E-state index contributed by atoms with van der Waals surface area (Å²) in [6.45, 7) is 6.11. The molecule has 0 spiro atoms. The zero-order valence-corrected chi connectivity index (χ0v) is 12.6. The molecule has 21 heavy (non-hydrogen) atoms. The highest BCUT2D eigenvalue weighted by Crippen LogP contribution is 2.27. The lowest BCUT2D eigenvalue weighted by atomic mass is 10.1. The Balaban J connectivity index is 2.05. The van der Waals surface area contributed by atoms with Gasteiger partial charge < -0.3 is 16.0 Å². The minimum atomic E-state index is 0.175. The van der Waals surface area contributed by atoms with Gasteiger partial charge in [0.15, 0.2) is 0 Å². The van der Waals surface area contributed by atoms with Gasteiger partial charge in [0, 0.05) is 60.6 Å². The Morgan fingerprint density at radius 3 is 2.71 bits per heavy atom. The molecule has 2 aromatic rings. The van der Waals surface area contributed by atoms with Crippen LogP contribution in [0.15, 0.2) is 30.6 Å². The third kappa shape index (κ3) is 3.42. The number of nitrogens with zero attached hydrogens (tertiary/aromatic N) is 2.